The van der Waals surface area contributed by atoms with Crippen LogP contribution in [-0.2, 0) is 6.61 Å². The fourth-order valence-electron chi connectivity index (χ4n) is 1.55. The van der Waals surface area contributed by atoms with Gasteiger partial charge in [-0.05, 0) is 31.0 Å². The molecule has 0 radical (unpaired) electrons. The first-order chi connectivity index (χ1) is 7.17. The number of aliphatic hydroxyl groups is 1. The quantitative estimate of drug-likeness (QED) is 0.808. The average molecular weight is 228 g/mol. The predicted molar refractivity (Wildman–Crippen MR) is 65.4 cm³/mol. The molecule has 0 aliphatic carbocycles. The third-order valence-corrected chi connectivity index (χ3v) is 2.67. The molecule has 1 rings (SSSR count). The third-order valence-electron chi connectivity index (χ3n) is 2.34. The summed E-state index contributed by atoms with van der Waals surface area (Å²) in [6.45, 7) is 4.34. The van der Waals surface area contributed by atoms with Gasteiger partial charge in [-0.15, -0.1) is 0 Å². The summed E-state index contributed by atoms with van der Waals surface area (Å²) >= 11 is 6.05. The smallest absolute Gasteiger partial charge is 0.0682 e. The SMILES string of the molecule is CCCC(C)Nc1cc(CO)ccc1Cl. The van der Waals surface area contributed by atoms with Gasteiger partial charge in [-0.1, -0.05) is 31.0 Å². The van der Waals surface area contributed by atoms with E-state index >= 15 is 0 Å². The van der Waals surface area contributed by atoms with Gasteiger partial charge in [0.1, 0.15) is 0 Å². The zero-order valence-electron chi connectivity index (χ0n) is 9.26. The zero-order valence-corrected chi connectivity index (χ0v) is 10.0. The van der Waals surface area contributed by atoms with Gasteiger partial charge < -0.3 is 10.4 Å². The second-order valence-electron chi connectivity index (χ2n) is 3.81. The van der Waals surface area contributed by atoms with Gasteiger partial charge in [-0.3, -0.25) is 0 Å². The van der Waals surface area contributed by atoms with Crippen LogP contribution in [0.25, 0.3) is 0 Å². The van der Waals surface area contributed by atoms with Gasteiger partial charge in [0.2, 0.25) is 0 Å². The molecular formula is C12H18ClNO. The molecule has 84 valence electrons. The van der Waals surface area contributed by atoms with Crippen LogP contribution >= 0.6 is 11.6 Å². The molecule has 1 atom stereocenters. The highest BCUT2D eigenvalue weighted by Crippen LogP contribution is 2.24. The summed E-state index contributed by atoms with van der Waals surface area (Å²) in [5.74, 6) is 0. The number of rotatable bonds is 5. The molecule has 1 unspecified atom stereocenters. The third kappa shape index (κ3) is 3.73. The van der Waals surface area contributed by atoms with Crippen molar-refractivity contribution in [3.63, 3.8) is 0 Å². The van der Waals surface area contributed by atoms with Gasteiger partial charge in [-0.25, -0.2) is 0 Å². The van der Waals surface area contributed by atoms with Crippen LogP contribution in [0.15, 0.2) is 18.2 Å². The molecule has 3 heteroatoms. The number of anilines is 1. The molecule has 0 aliphatic heterocycles. The Bertz CT molecular complexity index is 314. The topological polar surface area (TPSA) is 32.3 Å². The average Bonchev–Trinajstić information content (AvgIpc) is 2.21. The number of hydrogen-bond donors (Lipinski definition) is 2. The van der Waals surface area contributed by atoms with Crippen molar-refractivity contribution in [2.24, 2.45) is 0 Å². The maximum Gasteiger partial charge on any atom is 0.0682 e. The van der Waals surface area contributed by atoms with E-state index in [1.54, 1.807) is 0 Å². The van der Waals surface area contributed by atoms with E-state index in [2.05, 4.69) is 19.2 Å². The molecule has 0 saturated carbocycles. The number of nitrogens with one attached hydrogen (secondary N) is 1. The van der Waals surface area contributed by atoms with Gasteiger partial charge in [0.25, 0.3) is 0 Å². The Hall–Kier alpha value is -0.730. The highest BCUT2D eigenvalue weighted by molar-refractivity contribution is 6.33. The van der Waals surface area contributed by atoms with Crippen molar-refractivity contribution in [3.8, 4) is 0 Å². The molecule has 0 aliphatic rings. The van der Waals surface area contributed by atoms with Crippen molar-refractivity contribution in [2.45, 2.75) is 39.3 Å². The minimum Gasteiger partial charge on any atom is -0.392 e. The van der Waals surface area contributed by atoms with Crippen LogP contribution in [0.5, 0.6) is 0 Å². The lowest BCUT2D eigenvalue weighted by molar-refractivity contribution is 0.282. The standard InChI is InChI=1S/C12H18ClNO/c1-3-4-9(2)14-12-7-10(8-15)5-6-11(12)13/h5-7,9,14-15H,3-4,8H2,1-2H3. The van der Waals surface area contributed by atoms with Crippen molar-refractivity contribution in [1.29, 1.82) is 0 Å². The van der Waals surface area contributed by atoms with Crippen LogP contribution in [0.4, 0.5) is 5.69 Å². The molecule has 1 aromatic carbocycles. The Labute approximate surface area is 96.3 Å². The van der Waals surface area contributed by atoms with Crippen molar-refractivity contribution >= 4 is 17.3 Å². The predicted octanol–water partition coefficient (Wildman–Crippen LogP) is 3.43. The van der Waals surface area contributed by atoms with E-state index in [0.717, 1.165) is 24.1 Å². The first kappa shape index (κ1) is 12.3. The monoisotopic (exact) mass is 227 g/mol. The lowest BCUT2D eigenvalue weighted by Crippen LogP contribution is -2.14. The molecule has 1 aromatic rings. The Morgan fingerprint density at radius 1 is 1.47 bits per heavy atom. The van der Waals surface area contributed by atoms with E-state index in [1.807, 2.05) is 18.2 Å². The molecule has 0 saturated heterocycles. The molecule has 0 fully saturated rings. The summed E-state index contributed by atoms with van der Waals surface area (Å²) in [6, 6.07) is 5.95. The maximum absolute atomic E-state index is 9.02. The fraction of sp³-hybridized carbons (Fsp3) is 0.500. The zero-order chi connectivity index (χ0) is 11.3. The molecule has 0 bridgehead atoms. The molecule has 0 amide bonds. The van der Waals surface area contributed by atoms with E-state index in [1.165, 1.54) is 0 Å². The number of benzene rings is 1. The van der Waals surface area contributed by atoms with E-state index in [0.29, 0.717) is 11.1 Å². The Balaban J connectivity index is 2.74. The number of aliphatic hydroxyl groups excluding tert-OH is 1. The molecule has 15 heavy (non-hydrogen) atoms. The lowest BCUT2D eigenvalue weighted by atomic mass is 10.1. The van der Waals surface area contributed by atoms with Crippen LogP contribution in [0.2, 0.25) is 5.02 Å². The number of halogens is 1. The van der Waals surface area contributed by atoms with E-state index in [9.17, 15) is 0 Å². The summed E-state index contributed by atoms with van der Waals surface area (Å²) < 4.78 is 0. The van der Waals surface area contributed by atoms with Gasteiger partial charge in [-0.2, -0.15) is 0 Å². The normalized spacial score (nSPS) is 12.5. The summed E-state index contributed by atoms with van der Waals surface area (Å²) in [4.78, 5) is 0. The van der Waals surface area contributed by atoms with Gasteiger partial charge in [0, 0.05) is 6.04 Å². The van der Waals surface area contributed by atoms with Crippen molar-refractivity contribution < 1.29 is 5.11 Å². The van der Waals surface area contributed by atoms with Crippen LogP contribution in [0, 0.1) is 0 Å². The number of hydrogen-bond acceptors (Lipinski definition) is 2. The van der Waals surface area contributed by atoms with E-state index < -0.39 is 0 Å². The summed E-state index contributed by atoms with van der Waals surface area (Å²) in [7, 11) is 0. The van der Waals surface area contributed by atoms with E-state index in [-0.39, 0.29) is 6.61 Å². The molecule has 2 N–H and O–H groups in total. The Morgan fingerprint density at radius 3 is 2.80 bits per heavy atom. The van der Waals surface area contributed by atoms with Gasteiger partial charge >= 0.3 is 0 Å². The van der Waals surface area contributed by atoms with Crippen LogP contribution in [0.3, 0.4) is 0 Å². The first-order valence-electron chi connectivity index (χ1n) is 5.33. The summed E-state index contributed by atoms with van der Waals surface area (Å²) in [5, 5.41) is 13.1. The summed E-state index contributed by atoms with van der Waals surface area (Å²) in [6.07, 6.45) is 2.26. The van der Waals surface area contributed by atoms with Crippen molar-refractivity contribution in [2.75, 3.05) is 5.32 Å². The van der Waals surface area contributed by atoms with Crippen molar-refractivity contribution in [3.05, 3.63) is 28.8 Å². The highest BCUT2D eigenvalue weighted by atomic mass is 35.5. The molecule has 0 heterocycles. The van der Waals surface area contributed by atoms with Crippen LogP contribution < -0.4 is 5.32 Å². The van der Waals surface area contributed by atoms with E-state index in [4.69, 9.17) is 16.7 Å². The molecule has 0 spiro atoms. The minimum absolute atomic E-state index is 0.0496. The van der Waals surface area contributed by atoms with Gasteiger partial charge in [0.15, 0.2) is 0 Å². The summed E-state index contributed by atoms with van der Waals surface area (Å²) in [5.41, 5.74) is 1.79. The fourth-order valence-corrected chi connectivity index (χ4v) is 1.72. The van der Waals surface area contributed by atoms with Crippen LogP contribution in [0.1, 0.15) is 32.3 Å². The maximum atomic E-state index is 9.02. The van der Waals surface area contributed by atoms with Crippen LogP contribution in [-0.4, -0.2) is 11.1 Å². The second-order valence-corrected chi connectivity index (χ2v) is 4.21. The van der Waals surface area contributed by atoms with Crippen molar-refractivity contribution in [1.82, 2.24) is 0 Å². The largest absolute Gasteiger partial charge is 0.392 e. The Kier molecular flexibility index (Phi) is 4.92. The Morgan fingerprint density at radius 2 is 2.20 bits per heavy atom. The highest BCUT2D eigenvalue weighted by Gasteiger charge is 2.05. The molecular weight excluding hydrogens is 210 g/mol. The molecule has 0 aromatic heterocycles. The minimum atomic E-state index is 0.0496. The first-order valence-corrected chi connectivity index (χ1v) is 5.71. The lowest BCUT2D eigenvalue weighted by Gasteiger charge is -2.16. The molecule has 2 nitrogen and oxygen atoms in total. The second kappa shape index (κ2) is 5.99. The van der Waals surface area contributed by atoms with Gasteiger partial charge in [0.05, 0.1) is 17.3 Å².